The minimum atomic E-state index is -3.54. The number of aryl methyl sites for hydroxylation is 1. The van der Waals surface area contributed by atoms with Crippen LogP contribution in [0.25, 0.3) is 0 Å². The summed E-state index contributed by atoms with van der Waals surface area (Å²) in [6, 6.07) is 6.67. The Hall–Kier alpha value is -0.810. The number of hydrogen-bond acceptors (Lipinski definition) is 2. The molecule has 0 spiro atoms. The lowest BCUT2D eigenvalue weighted by Gasteiger charge is -2.16. The van der Waals surface area contributed by atoms with Gasteiger partial charge in [-0.3, -0.25) is 0 Å². The van der Waals surface area contributed by atoms with E-state index in [4.69, 9.17) is 23.2 Å². The monoisotopic (exact) mass is 347 g/mol. The van der Waals surface area contributed by atoms with Gasteiger partial charge in [-0.15, -0.1) is 0 Å². The minimum absolute atomic E-state index is 0.0692. The Morgan fingerprint density at radius 1 is 1.14 bits per heavy atom. The Morgan fingerprint density at radius 3 is 2.05 bits per heavy atom. The quantitative estimate of drug-likeness (QED) is 0.766. The molecule has 1 aromatic rings. The van der Waals surface area contributed by atoms with Crippen molar-refractivity contribution >= 4 is 33.2 Å². The second-order valence-corrected chi connectivity index (χ2v) is 7.81. The summed E-state index contributed by atoms with van der Waals surface area (Å²) < 4.78 is 27.0. The molecular formula is C15H19Cl2NO2S. The van der Waals surface area contributed by atoms with Gasteiger partial charge in [-0.25, -0.2) is 13.1 Å². The fraction of sp³-hybridized carbons (Fsp3) is 0.333. The molecule has 0 bridgehead atoms. The highest BCUT2D eigenvalue weighted by atomic mass is 35.5. The van der Waals surface area contributed by atoms with E-state index in [-0.39, 0.29) is 17.4 Å². The van der Waals surface area contributed by atoms with E-state index < -0.39 is 10.0 Å². The number of hydrogen-bond donors (Lipinski definition) is 1. The molecule has 0 amide bonds. The predicted molar refractivity (Wildman–Crippen MR) is 89.1 cm³/mol. The van der Waals surface area contributed by atoms with Gasteiger partial charge in [0.15, 0.2) is 0 Å². The Labute approximate surface area is 136 Å². The van der Waals surface area contributed by atoms with Crippen molar-refractivity contribution in [3.05, 3.63) is 53.1 Å². The first kappa shape index (κ1) is 18.2. The van der Waals surface area contributed by atoms with Gasteiger partial charge in [0.25, 0.3) is 0 Å². The van der Waals surface area contributed by atoms with Gasteiger partial charge in [-0.2, -0.15) is 0 Å². The van der Waals surface area contributed by atoms with Crippen molar-refractivity contribution in [3.63, 3.8) is 0 Å². The lowest BCUT2D eigenvalue weighted by Crippen LogP contribution is -2.29. The molecule has 0 fully saturated rings. The zero-order valence-corrected chi connectivity index (χ0v) is 14.2. The van der Waals surface area contributed by atoms with Crippen LogP contribution in [0.3, 0.4) is 0 Å². The molecular weight excluding hydrogens is 329 g/mol. The smallest absolute Gasteiger partial charge is 0.211 e. The van der Waals surface area contributed by atoms with Gasteiger partial charge in [-0.1, -0.05) is 54.1 Å². The number of benzene rings is 1. The third kappa shape index (κ3) is 6.66. The topological polar surface area (TPSA) is 46.2 Å². The van der Waals surface area contributed by atoms with Crippen LogP contribution < -0.4 is 4.72 Å². The van der Waals surface area contributed by atoms with Gasteiger partial charge < -0.3 is 0 Å². The van der Waals surface area contributed by atoms with Gasteiger partial charge >= 0.3 is 0 Å². The van der Waals surface area contributed by atoms with Crippen LogP contribution in [0.15, 0.2) is 52.4 Å². The van der Waals surface area contributed by atoms with Crippen LogP contribution >= 0.6 is 23.2 Å². The molecule has 3 nitrogen and oxygen atoms in total. The van der Waals surface area contributed by atoms with Crippen LogP contribution in [0.1, 0.15) is 18.4 Å². The lowest BCUT2D eigenvalue weighted by atomic mass is 10.0. The molecule has 21 heavy (non-hydrogen) atoms. The molecule has 0 aliphatic rings. The van der Waals surface area contributed by atoms with E-state index in [1.807, 2.05) is 6.92 Å². The zero-order valence-electron chi connectivity index (χ0n) is 11.9. The van der Waals surface area contributed by atoms with Crippen LogP contribution in [0.2, 0.25) is 0 Å². The lowest BCUT2D eigenvalue weighted by molar-refractivity contribution is 0.510. The summed E-state index contributed by atoms with van der Waals surface area (Å²) >= 11 is 11.6. The predicted octanol–water partition coefficient (Wildman–Crippen LogP) is 4.17. The summed E-state index contributed by atoms with van der Waals surface area (Å²) in [6.07, 6.45) is 0.952. The summed E-state index contributed by atoms with van der Waals surface area (Å²) in [7, 11) is -3.54. The average Bonchev–Trinajstić information content (AvgIpc) is 2.35. The molecule has 0 atom stereocenters. The number of halogens is 2. The van der Waals surface area contributed by atoms with E-state index in [1.165, 1.54) is 0 Å². The summed E-state index contributed by atoms with van der Waals surface area (Å²) in [4.78, 5) is 0.237. The third-order valence-corrected chi connectivity index (χ3v) is 4.66. The Bertz CT molecular complexity index is 593. The molecule has 0 radical (unpaired) electrons. The van der Waals surface area contributed by atoms with Gasteiger partial charge in [0.1, 0.15) is 0 Å². The van der Waals surface area contributed by atoms with Gasteiger partial charge in [0.05, 0.1) is 4.90 Å². The molecule has 1 N–H and O–H groups in total. The molecule has 1 aromatic carbocycles. The summed E-state index contributed by atoms with van der Waals surface area (Å²) in [5, 5.41) is 0.930. The second-order valence-electron chi connectivity index (χ2n) is 4.97. The van der Waals surface area contributed by atoms with E-state index in [0.717, 1.165) is 5.56 Å². The SMILES string of the molecule is C=C(Cl)CC(CNS(=O)(=O)c1ccc(C)cc1)CC(=C)Cl. The Kier molecular flexibility index (Phi) is 6.94. The first-order valence-electron chi connectivity index (χ1n) is 6.43. The number of allylic oxidation sites excluding steroid dienone is 2. The van der Waals surface area contributed by atoms with Crippen LogP contribution in [0, 0.1) is 12.8 Å². The normalized spacial score (nSPS) is 11.6. The molecule has 116 valence electrons. The third-order valence-electron chi connectivity index (χ3n) is 2.91. The van der Waals surface area contributed by atoms with E-state index in [9.17, 15) is 8.42 Å². The standard InChI is InChI=1S/C15H19Cl2NO2S/c1-11-4-6-15(7-5-11)21(19,20)18-10-14(8-12(2)16)9-13(3)17/h4-7,14,18H,2-3,8-10H2,1H3. The van der Waals surface area contributed by atoms with E-state index in [2.05, 4.69) is 17.9 Å². The van der Waals surface area contributed by atoms with Crippen LogP contribution in [0.5, 0.6) is 0 Å². The highest BCUT2D eigenvalue weighted by Crippen LogP contribution is 2.22. The van der Waals surface area contributed by atoms with E-state index in [0.29, 0.717) is 22.9 Å². The molecule has 0 saturated heterocycles. The minimum Gasteiger partial charge on any atom is -0.211 e. The van der Waals surface area contributed by atoms with Crippen molar-refractivity contribution in [2.24, 2.45) is 5.92 Å². The molecule has 0 aliphatic carbocycles. The van der Waals surface area contributed by atoms with Gasteiger partial charge in [0.2, 0.25) is 10.0 Å². The average molecular weight is 348 g/mol. The first-order chi connectivity index (χ1) is 9.70. The van der Waals surface area contributed by atoms with Crippen molar-refractivity contribution in [3.8, 4) is 0 Å². The maximum Gasteiger partial charge on any atom is 0.240 e. The number of nitrogens with one attached hydrogen (secondary N) is 1. The van der Waals surface area contributed by atoms with Crippen molar-refractivity contribution < 1.29 is 8.42 Å². The first-order valence-corrected chi connectivity index (χ1v) is 8.67. The van der Waals surface area contributed by atoms with Gasteiger partial charge in [-0.05, 0) is 37.8 Å². The fourth-order valence-corrected chi connectivity index (χ4v) is 3.42. The molecule has 0 aromatic heterocycles. The Morgan fingerprint density at radius 2 is 1.62 bits per heavy atom. The number of rotatable bonds is 8. The largest absolute Gasteiger partial charge is 0.240 e. The second kappa shape index (κ2) is 7.99. The molecule has 0 unspecified atom stereocenters. The van der Waals surface area contributed by atoms with Crippen molar-refractivity contribution in [1.82, 2.24) is 4.72 Å². The van der Waals surface area contributed by atoms with Crippen LogP contribution in [-0.4, -0.2) is 15.0 Å². The van der Waals surface area contributed by atoms with Crippen LogP contribution in [0.4, 0.5) is 0 Å². The van der Waals surface area contributed by atoms with Crippen molar-refractivity contribution in [1.29, 1.82) is 0 Å². The van der Waals surface area contributed by atoms with Crippen molar-refractivity contribution in [2.45, 2.75) is 24.7 Å². The highest BCUT2D eigenvalue weighted by Gasteiger charge is 2.17. The van der Waals surface area contributed by atoms with E-state index in [1.54, 1.807) is 24.3 Å². The Balaban J connectivity index is 2.75. The van der Waals surface area contributed by atoms with Crippen LogP contribution in [-0.2, 0) is 10.0 Å². The molecule has 0 saturated carbocycles. The van der Waals surface area contributed by atoms with Crippen molar-refractivity contribution in [2.75, 3.05) is 6.54 Å². The summed E-state index contributed by atoms with van der Waals surface area (Å²) in [5.41, 5.74) is 1.00. The molecule has 0 heterocycles. The highest BCUT2D eigenvalue weighted by molar-refractivity contribution is 7.89. The molecule has 1 rings (SSSR count). The maximum atomic E-state index is 12.2. The van der Waals surface area contributed by atoms with Gasteiger partial charge in [0, 0.05) is 16.6 Å². The summed E-state index contributed by atoms with van der Waals surface area (Å²) in [6.45, 7) is 9.39. The summed E-state index contributed by atoms with van der Waals surface area (Å²) in [5.74, 6) is -0.0692. The molecule has 6 heteroatoms. The zero-order chi connectivity index (χ0) is 16.0. The molecule has 0 aliphatic heterocycles. The number of sulfonamides is 1. The maximum absolute atomic E-state index is 12.2. The fourth-order valence-electron chi connectivity index (χ4n) is 1.87. The van der Waals surface area contributed by atoms with E-state index >= 15 is 0 Å².